The number of fused-ring (bicyclic) bond motifs is 1. The Hall–Kier alpha value is -3.00. The molecule has 0 saturated carbocycles. The molecule has 0 saturated heterocycles. The molecule has 6 nitrogen and oxygen atoms in total. The normalized spacial score (nSPS) is 11.3. The Kier molecular flexibility index (Phi) is 6.65. The number of carbonyl (C=O) groups is 2. The van der Waals surface area contributed by atoms with Gasteiger partial charge < -0.3 is 5.11 Å². The van der Waals surface area contributed by atoms with Gasteiger partial charge in [-0.1, -0.05) is 17.7 Å². The highest BCUT2D eigenvalue weighted by Gasteiger charge is 2.26. The number of hydrogen-bond acceptors (Lipinski definition) is 5. The maximum absolute atomic E-state index is 13.4. The number of thiazole rings is 1. The molecule has 4 rings (SSSR count). The van der Waals surface area contributed by atoms with Crippen LogP contribution in [-0.4, -0.2) is 32.5 Å². The van der Waals surface area contributed by atoms with Crippen LogP contribution in [0.4, 0.5) is 5.13 Å². The molecule has 0 bridgehead atoms. The minimum atomic E-state index is -0.203. The van der Waals surface area contributed by atoms with Gasteiger partial charge >= 0.3 is 0 Å². The predicted octanol–water partition coefficient (Wildman–Crippen LogP) is 5.22. The number of rotatable bonds is 6. The van der Waals surface area contributed by atoms with E-state index in [9.17, 15) is 14.7 Å². The Morgan fingerprint density at radius 2 is 1.91 bits per heavy atom. The molecule has 0 atom stereocenters. The summed E-state index contributed by atoms with van der Waals surface area (Å²) < 4.78 is 1.63. The van der Waals surface area contributed by atoms with E-state index in [2.05, 4.69) is 4.98 Å². The van der Waals surface area contributed by atoms with Crippen molar-refractivity contribution in [3.05, 3.63) is 81.4 Å². The molecule has 1 N–H and O–H groups in total. The van der Waals surface area contributed by atoms with Crippen LogP contribution >= 0.6 is 22.9 Å². The molecular weight excluding hydrogens is 458 g/mol. The van der Waals surface area contributed by atoms with Crippen LogP contribution in [0.2, 0.25) is 5.02 Å². The van der Waals surface area contributed by atoms with Crippen LogP contribution < -0.4 is 4.90 Å². The van der Waals surface area contributed by atoms with Gasteiger partial charge in [0.2, 0.25) is 5.91 Å². The molecule has 1 amide bonds. The van der Waals surface area contributed by atoms with E-state index in [1.54, 1.807) is 46.0 Å². The highest BCUT2D eigenvalue weighted by atomic mass is 35.5. The summed E-state index contributed by atoms with van der Waals surface area (Å²) in [6.07, 6.45) is 1.79. The number of anilines is 1. The van der Waals surface area contributed by atoms with Crippen molar-refractivity contribution in [2.45, 2.75) is 39.8 Å². The van der Waals surface area contributed by atoms with Crippen LogP contribution in [0.5, 0.6) is 0 Å². The Morgan fingerprint density at radius 3 is 2.52 bits per heavy atom. The highest BCUT2D eigenvalue weighted by molar-refractivity contribution is 7.13. The van der Waals surface area contributed by atoms with Gasteiger partial charge in [-0.3, -0.25) is 19.1 Å². The molecule has 0 unspecified atom stereocenters. The third-order valence-electron chi connectivity index (χ3n) is 5.61. The number of hydrogen-bond donors (Lipinski definition) is 1. The number of nitrogens with zero attached hydrogens (tertiary/aromatic N) is 3. The van der Waals surface area contributed by atoms with Crippen LogP contribution in [0.25, 0.3) is 10.9 Å². The van der Waals surface area contributed by atoms with Crippen molar-refractivity contribution in [3.63, 3.8) is 0 Å². The largest absolute Gasteiger partial charge is 0.392 e. The van der Waals surface area contributed by atoms with E-state index in [1.807, 2.05) is 38.3 Å². The Bertz CT molecular complexity index is 1310. The molecule has 0 spiro atoms. The molecule has 0 radical (unpaired) electrons. The van der Waals surface area contributed by atoms with Gasteiger partial charge in [-0.25, -0.2) is 4.98 Å². The average Bonchev–Trinajstić information content (AvgIpc) is 3.40. The quantitative estimate of drug-likeness (QED) is 0.409. The summed E-state index contributed by atoms with van der Waals surface area (Å²) in [5, 5.41) is 13.5. The maximum Gasteiger partial charge on any atom is 0.262 e. The summed E-state index contributed by atoms with van der Waals surface area (Å²) in [5.41, 5.74) is 3.35. The molecule has 4 aromatic rings. The van der Waals surface area contributed by atoms with E-state index in [1.165, 1.54) is 11.3 Å². The Morgan fingerprint density at radius 1 is 1.18 bits per heavy atom. The molecule has 8 heteroatoms. The second kappa shape index (κ2) is 9.47. The third kappa shape index (κ3) is 4.44. The van der Waals surface area contributed by atoms with Crippen LogP contribution in [0, 0.1) is 6.92 Å². The molecule has 0 aliphatic heterocycles. The first-order chi connectivity index (χ1) is 15.8. The second-order valence-electron chi connectivity index (χ2n) is 8.07. The number of aliphatic hydroxyl groups excluding tert-OH is 1. The summed E-state index contributed by atoms with van der Waals surface area (Å²) in [5.74, 6) is -0.305. The van der Waals surface area contributed by atoms with Crippen LogP contribution in [0.3, 0.4) is 0 Å². The highest BCUT2D eigenvalue weighted by Crippen LogP contribution is 2.30. The molecule has 0 aliphatic carbocycles. The van der Waals surface area contributed by atoms with Crippen molar-refractivity contribution in [2.75, 3.05) is 4.90 Å². The molecule has 0 fully saturated rings. The summed E-state index contributed by atoms with van der Waals surface area (Å²) in [7, 11) is 0. The van der Waals surface area contributed by atoms with Gasteiger partial charge in [0.25, 0.3) is 5.91 Å². The number of amides is 1. The van der Waals surface area contributed by atoms with Gasteiger partial charge in [0.15, 0.2) is 5.13 Å². The predicted molar refractivity (Wildman–Crippen MR) is 132 cm³/mol. The van der Waals surface area contributed by atoms with E-state index in [-0.39, 0.29) is 30.9 Å². The minimum Gasteiger partial charge on any atom is -0.392 e. The first-order valence-electron chi connectivity index (χ1n) is 10.6. The lowest BCUT2D eigenvalue weighted by molar-refractivity contribution is -0.118. The number of aromatic nitrogens is 2. The topological polar surface area (TPSA) is 75.4 Å². The first-order valence-corrected chi connectivity index (χ1v) is 11.8. The molecule has 2 aromatic carbocycles. The van der Waals surface area contributed by atoms with E-state index < -0.39 is 0 Å². The summed E-state index contributed by atoms with van der Waals surface area (Å²) in [6, 6.07) is 12.1. The fourth-order valence-electron chi connectivity index (χ4n) is 4.02. The lowest BCUT2D eigenvalue weighted by atomic mass is 10.0. The van der Waals surface area contributed by atoms with Gasteiger partial charge in [0.1, 0.15) is 0 Å². The zero-order chi connectivity index (χ0) is 23.7. The monoisotopic (exact) mass is 481 g/mol. The zero-order valence-electron chi connectivity index (χ0n) is 18.6. The molecule has 0 aliphatic rings. The number of carbonyl (C=O) groups excluding carboxylic acids is 2. The van der Waals surface area contributed by atoms with E-state index in [0.29, 0.717) is 32.5 Å². The second-order valence-corrected chi connectivity index (χ2v) is 9.38. The van der Waals surface area contributed by atoms with Crippen molar-refractivity contribution in [2.24, 2.45) is 0 Å². The fraction of sp³-hybridized carbons (Fsp3) is 0.240. The number of aliphatic hydroxyl groups is 1. The van der Waals surface area contributed by atoms with Crippen molar-refractivity contribution in [1.29, 1.82) is 0 Å². The summed E-state index contributed by atoms with van der Waals surface area (Å²) in [6.45, 7) is 5.61. The molecule has 33 heavy (non-hydrogen) atoms. The van der Waals surface area contributed by atoms with Gasteiger partial charge in [0, 0.05) is 39.3 Å². The van der Waals surface area contributed by atoms with E-state index in [4.69, 9.17) is 11.6 Å². The first kappa shape index (κ1) is 23.2. The molecule has 2 heterocycles. The van der Waals surface area contributed by atoms with Gasteiger partial charge in [-0.15, -0.1) is 11.3 Å². The van der Waals surface area contributed by atoms with Gasteiger partial charge in [-0.05, 0) is 68.3 Å². The maximum atomic E-state index is 13.4. The SMILES string of the molecule is Cc1c(CC(=O)N(c2nccs2)C(C)C)c2cc(CO)ccc2n1C(=O)c1ccc(Cl)cc1. The molecule has 2 aromatic heterocycles. The van der Waals surface area contributed by atoms with E-state index >= 15 is 0 Å². The van der Waals surface area contributed by atoms with Crippen molar-refractivity contribution in [1.82, 2.24) is 9.55 Å². The Labute approximate surface area is 201 Å². The van der Waals surface area contributed by atoms with Crippen molar-refractivity contribution < 1.29 is 14.7 Å². The third-order valence-corrected chi connectivity index (χ3v) is 6.64. The lowest BCUT2D eigenvalue weighted by Gasteiger charge is -2.24. The standard InChI is InChI=1S/C25H24ClN3O3S/c1-15(2)28(25-27-10-11-33-25)23(31)13-20-16(3)29(22-9-4-17(14-30)12-21(20)22)24(32)18-5-7-19(26)8-6-18/h4-12,15,30H,13-14H2,1-3H3. The van der Waals surface area contributed by atoms with Crippen LogP contribution in [0.1, 0.15) is 41.0 Å². The number of benzene rings is 2. The van der Waals surface area contributed by atoms with Crippen LogP contribution in [-0.2, 0) is 17.8 Å². The smallest absolute Gasteiger partial charge is 0.262 e. The zero-order valence-corrected chi connectivity index (χ0v) is 20.2. The van der Waals surface area contributed by atoms with Gasteiger partial charge in [-0.2, -0.15) is 0 Å². The minimum absolute atomic E-state index is 0.0685. The summed E-state index contributed by atoms with van der Waals surface area (Å²) >= 11 is 7.40. The lowest BCUT2D eigenvalue weighted by Crippen LogP contribution is -2.38. The fourth-order valence-corrected chi connectivity index (χ4v) is 4.94. The van der Waals surface area contributed by atoms with Crippen molar-refractivity contribution in [3.8, 4) is 0 Å². The van der Waals surface area contributed by atoms with Crippen LogP contribution in [0.15, 0.2) is 54.0 Å². The molecule has 170 valence electrons. The van der Waals surface area contributed by atoms with E-state index in [0.717, 1.165) is 10.9 Å². The molecular formula is C25H24ClN3O3S. The average molecular weight is 482 g/mol. The number of halogens is 1. The van der Waals surface area contributed by atoms with Crippen molar-refractivity contribution >= 4 is 50.8 Å². The summed E-state index contributed by atoms with van der Waals surface area (Å²) in [4.78, 5) is 32.9. The Balaban J connectivity index is 1.82. The van der Waals surface area contributed by atoms with Gasteiger partial charge in [0.05, 0.1) is 18.5 Å².